The summed E-state index contributed by atoms with van der Waals surface area (Å²) in [4.78, 5) is 11.3. The highest BCUT2D eigenvalue weighted by atomic mass is 16.1. The third kappa shape index (κ3) is 6.14. The molecule has 0 rings (SSSR count). The highest BCUT2D eigenvalue weighted by molar-refractivity contribution is 5.78. The van der Waals surface area contributed by atoms with E-state index in [1.165, 1.54) is 0 Å². The summed E-state index contributed by atoms with van der Waals surface area (Å²) in [6.45, 7) is 6.19. The SMILES string of the molecule is CC=CC(C)CC(=O)CCCC. The first kappa shape index (κ1) is 11.4. The van der Waals surface area contributed by atoms with Crippen LogP contribution >= 0.6 is 0 Å². The van der Waals surface area contributed by atoms with E-state index in [9.17, 15) is 4.79 Å². The Morgan fingerprint density at radius 1 is 1.50 bits per heavy atom. The highest BCUT2D eigenvalue weighted by Gasteiger charge is 2.04. The molecule has 0 aliphatic rings. The summed E-state index contributed by atoms with van der Waals surface area (Å²) >= 11 is 0. The maximum absolute atomic E-state index is 11.3. The van der Waals surface area contributed by atoms with E-state index in [1.807, 2.05) is 13.0 Å². The Morgan fingerprint density at radius 3 is 2.67 bits per heavy atom. The van der Waals surface area contributed by atoms with Gasteiger partial charge in [0, 0.05) is 12.8 Å². The second-order valence-corrected chi connectivity index (χ2v) is 3.35. The second kappa shape index (κ2) is 7.08. The maximum atomic E-state index is 11.3. The van der Waals surface area contributed by atoms with E-state index in [-0.39, 0.29) is 0 Å². The molecule has 0 bridgehead atoms. The minimum atomic E-state index is 0.405. The molecule has 0 heterocycles. The van der Waals surface area contributed by atoms with Crippen molar-refractivity contribution in [2.24, 2.45) is 5.92 Å². The molecule has 0 aromatic rings. The number of carbonyl (C=O) groups is 1. The molecule has 0 saturated heterocycles. The summed E-state index contributed by atoms with van der Waals surface area (Å²) in [7, 11) is 0. The van der Waals surface area contributed by atoms with Crippen LogP contribution < -0.4 is 0 Å². The number of unbranched alkanes of at least 4 members (excludes halogenated alkanes) is 1. The average molecular weight is 168 g/mol. The highest BCUT2D eigenvalue weighted by Crippen LogP contribution is 2.08. The number of rotatable bonds is 6. The predicted molar refractivity (Wildman–Crippen MR) is 53.1 cm³/mol. The smallest absolute Gasteiger partial charge is 0.133 e. The van der Waals surface area contributed by atoms with Crippen molar-refractivity contribution in [1.82, 2.24) is 0 Å². The van der Waals surface area contributed by atoms with Gasteiger partial charge in [-0.3, -0.25) is 4.79 Å². The number of carbonyl (C=O) groups excluding carboxylic acids is 1. The van der Waals surface area contributed by atoms with Gasteiger partial charge >= 0.3 is 0 Å². The van der Waals surface area contributed by atoms with Gasteiger partial charge in [0.15, 0.2) is 0 Å². The van der Waals surface area contributed by atoms with Crippen LogP contribution in [0.3, 0.4) is 0 Å². The summed E-state index contributed by atoms with van der Waals surface area (Å²) in [6.07, 6.45) is 7.73. The summed E-state index contributed by atoms with van der Waals surface area (Å²) in [5, 5.41) is 0. The Balaban J connectivity index is 3.54. The molecule has 0 aliphatic carbocycles. The van der Waals surface area contributed by atoms with Crippen LogP contribution in [0.1, 0.15) is 46.5 Å². The van der Waals surface area contributed by atoms with E-state index in [0.29, 0.717) is 18.1 Å². The molecule has 0 N–H and O–H groups in total. The molecule has 0 fully saturated rings. The monoisotopic (exact) mass is 168 g/mol. The number of hydrogen-bond acceptors (Lipinski definition) is 1. The van der Waals surface area contributed by atoms with E-state index in [0.717, 1.165) is 19.3 Å². The zero-order chi connectivity index (χ0) is 9.40. The van der Waals surface area contributed by atoms with Gasteiger partial charge in [0.05, 0.1) is 0 Å². The number of Topliss-reactive ketones (excluding diaryl/α,β-unsaturated/α-hetero) is 1. The molecule has 70 valence electrons. The van der Waals surface area contributed by atoms with Gasteiger partial charge in [-0.25, -0.2) is 0 Å². The molecule has 1 heteroatoms. The summed E-state index contributed by atoms with van der Waals surface area (Å²) < 4.78 is 0. The molecular formula is C11H20O. The van der Waals surface area contributed by atoms with Crippen molar-refractivity contribution in [2.45, 2.75) is 46.5 Å². The molecule has 1 nitrogen and oxygen atoms in total. The maximum Gasteiger partial charge on any atom is 0.133 e. The first-order valence-corrected chi connectivity index (χ1v) is 4.85. The van der Waals surface area contributed by atoms with Crippen molar-refractivity contribution in [1.29, 1.82) is 0 Å². The Kier molecular flexibility index (Phi) is 6.73. The first-order chi connectivity index (χ1) is 5.70. The molecule has 0 aliphatic heterocycles. The lowest BCUT2D eigenvalue weighted by Gasteiger charge is -2.03. The fourth-order valence-electron chi connectivity index (χ4n) is 1.23. The van der Waals surface area contributed by atoms with Crippen LogP contribution in [0, 0.1) is 5.92 Å². The Labute approximate surface area is 75.9 Å². The van der Waals surface area contributed by atoms with Gasteiger partial charge in [-0.05, 0) is 19.3 Å². The van der Waals surface area contributed by atoms with E-state index >= 15 is 0 Å². The van der Waals surface area contributed by atoms with Crippen LogP contribution in [0.2, 0.25) is 0 Å². The Morgan fingerprint density at radius 2 is 2.17 bits per heavy atom. The lowest BCUT2D eigenvalue weighted by Crippen LogP contribution is -2.02. The number of hydrogen-bond donors (Lipinski definition) is 0. The molecule has 0 aromatic carbocycles. The number of ketones is 1. The minimum absolute atomic E-state index is 0.405. The third-order valence-corrected chi connectivity index (χ3v) is 1.88. The van der Waals surface area contributed by atoms with Crippen molar-refractivity contribution < 1.29 is 4.79 Å². The summed E-state index contributed by atoms with van der Waals surface area (Å²) in [5.41, 5.74) is 0. The number of allylic oxidation sites excluding steroid dienone is 2. The van der Waals surface area contributed by atoms with Crippen LogP contribution in [0.25, 0.3) is 0 Å². The third-order valence-electron chi connectivity index (χ3n) is 1.88. The molecule has 0 aromatic heterocycles. The second-order valence-electron chi connectivity index (χ2n) is 3.35. The summed E-state index contributed by atoms with van der Waals surface area (Å²) in [6, 6.07) is 0. The molecule has 0 spiro atoms. The van der Waals surface area contributed by atoms with Gasteiger partial charge in [-0.15, -0.1) is 0 Å². The van der Waals surface area contributed by atoms with E-state index in [4.69, 9.17) is 0 Å². The fraction of sp³-hybridized carbons (Fsp3) is 0.727. The van der Waals surface area contributed by atoms with Crippen molar-refractivity contribution in [3.63, 3.8) is 0 Å². The average Bonchev–Trinajstić information content (AvgIpc) is 2.01. The van der Waals surface area contributed by atoms with Crippen LogP contribution in [-0.2, 0) is 4.79 Å². The van der Waals surface area contributed by atoms with Gasteiger partial charge < -0.3 is 0 Å². The van der Waals surface area contributed by atoms with Crippen LogP contribution in [0.15, 0.2) is 12.2 Å². The molecule has 1 atom stereocenters. The quantitative estimate of drug-likeness (QED) is 0.556. The van der Waals surface area contributed by atoms with Gasteiger partial charge in [0.2, 0.25) is 0 Å². The van der Waals surface area contributed by atoms with E-state index < -0.39 is 0 Å². The molecule has 0 radical (unpaired) electrons. The van der Waals surface area contributed by atoms with Gasteiger partial charge in [-0.2, -0.15) is 0 Å². The van der Waals surface area contributed by atoms with Gasteiger partial charge in [0.1, 0.15) is 5.78 Å². The van der Waals surface area contributed by atoms with Crippen molar-refractivity contribution >= 4 is 5.78 Å². The lowest BCUT2D eigenvalue weighted by atomic mass is 10.0. The normalized spacial score (nSPS) is 13.6. The first-order valence-electron chi connectivity index (χ1n) is 4.85. The van der Waals surface area contributed by atoms with Crippen molar-refractivity contribution in [3.8, 4) is 0 Å². The standard InChI is InChI=1S/C11H20O/c1-4-6-8-11(12)9-10(3)7-5-2/h5,7,10H,4,6,8-9H2,1-3H3. The zero-order valence-corrected chi connectivity index (χ0v) is 8.47. The molecule has 1 unspecified atom stereocenters. The van der Waals surface area contributed by atoms with Crippen molar-refractivity contribution in [3.05, 3.63) is 12.2 Å². The van der Waals surface area contributed by atoms with E-state index in [2.05, 4.69) is 19.9 Å². The lowest BCUT2D eigenvalue weighted by molar-refractivity contribution is -0.119. The van der Waals surface area contributed by atoms with Crippen LogP contribution in [0.5, 0.6) is 0 Å². The largest absolute Gasteiger partial charge is 0.300 e. The molecule has 0 amide bonds. The minimum Gasteiger partial charge on any atom is -0.300 e. The summed E-state index contributed by atoms with van der Waals surface area (Å²) in [5.74, 6) is 0.821. The Hall–Kier alpha value is -0.590. The van der Waals surface area contributed by atoms with Crippen LogP contribution in [0.4, 0.5) is 0 Å². The topological polar surface area (TPSA) is 17.1 Å². The Bertz CT molecular complexity index is 147. The fourth-order valence-corrected chi connectivity index (χ4v) is 1.23. The predicted octanol–water partition coefficient (Wildman–Crippen LogP) is 3.35. The van der Waals surface area contributed by atoms with Gasteiger partial charge in [-0.1, -0.05) is 32.4 Å². The van der Waals surface area contributed by atoms with Crippen molar-refractivity contribution in [2.75, 3.05) is 0 Å². The van der Waals surface area contributed by atoms with Crippen LogP contribution in [-0.4, -0.2) is 5.78 Å². The zero-order valence-electron chi connectivity index (χ0n) is 8.47. The molecule has 12 heavy (non-hydrogen) atoms. The van der Waals surface area contributed by atoms with Gasteiger partial charge in [0.25, 0.3) is 0 Å². The molecule has 0 saturated carbocycles. The van der Waals surface area contributed by atoms with E-state index in [1.54, 1.807) is 0 Å². The molecular weight excluding hydrogens is 148 g/mol.